The molecule has 0 heterocycles. The average Bonchev–Trinajstić information content (AvgIpc) is 2.28. The molecule has 2 aromatic carbocycles. The number of amides is 1. The molecule has 0 fully saturated rings. The smallest absolute Gasteiger partial charge is 0.249 e. The fraction of sp³-hybridized carbons (Fsp3) is 0. The number of carbonyl (C=O) groups excluding carboxylic acids is 1. The molecule has 0 aromatic heterocycles. The number of rotatable bonds is 2. The molecule has 2 rings (SSSR count). The van der Waals surface area contributed by atoms with Crippen molar-refractivity contribution in [2.45, 2.75) is 0 Å². The zero-order valence-electron chi connectivity index (χ0n) is 9.08. The Bertz CT molecular complexity index is 602. The van der Waals surface area contributed by atoms with Gasteiger partial charge in [0.2, 0.25) is 5.91 Å². The molecule has 5 heteroatoms. The van der Waals surface area contributed by atoms with Crippen molar-refractivity contribution >= 4 is 40.7 Å². The van der Waals surface area contributed by atoms with Gasteiger partial charge in [-0.1, -0.05) is 53.0 Å². The highest BCUT2D eigenvalue weighted by molar-refractivity contribution is 6.42. The average molecular weight is 301 g/mol. The lowest BCUT2D eigenvalue weighted by molar-refractivity contribution is 0.100. The van der Waals surface area contributed by atoms with Crippen LogP contribution in [0.5, 0.6) is 0 Å². The Morgan fingerprint density at radius 3 is 2.11 bits per heavy atom. The van der Waals surface area contributed by atoms with E-state index in [9.17, 15) is 4.79 Å². The topological polar surface area (TPSA) is 43.1 Å². The number of benzene rings is 2. The number of hydrogen-bond donors (Lipinski definition) is 1. The maximum atomic E-state index is 11.4. The van der Waals surface area contributed by atoms with Crippen LogP contribution in [0.15, 0.2) is 36.4 Å². The van der Waals surface area contributed by atoms with Crippen LogP contribution in [0, 0.1) is 0 Å². The predicted molar refractivity (Wildman–Crippen MR) is 75.4 cm³/mol. The van der Waals surface area contributed by atoms with Gasteiger partial charge in [0, 0.05) is 16.1 Å². The predicted octanol–water partition coefficient (Wildman–Crippen LogP) is 4.41. The minimum absolute atomic E-state index is 0.364. The number of carbonyl (C=O) groups is 1. The highest BCUT2D eigenvalue weighted by atomic mass is 35.5. The van der Waals surface area contributed by atoms with Gasteiger partial charge in [0.1, 0.15) is 0 Å². The van der Waals surface area contributed by atoms with E-state index >= 15 is 0 Å². The second-order valence-corrected chi connectivity index (χ2v) is 4.91. The van der Waals surface area contributed by atoms with Gasteiger partial charge < -0.3 is 5.73 Å². The summed E-state index contributed by atoms with van der Waals surface area (Å²) in [6, 6.07) is 10.0. The van der Waals surface area contributed by atoms with E-state index in [0.29, 0.717) is 31.8 Å². The Kier molecular flexibility index (Phi) is 3.81. The van der Waals surface area contributed by atoms with E-state index in [1.54, 1.807) is 36.4 Å². The third-order valence-electron chi connectivity index (χ3n) is 2.47. The highest BCUT2D eigenvalue weighted by Gasteiger charge is 2.15. The zero-order chi connectivity index (χ0) is 13.3. The second kappa shape index (κ2) is 5.19. The lowest BCUT2D eigenvalue weighted by Gasteiger charge is -2.11. The van der Waals surface area contributed by atoms with Gasteiger partial charge in [-0.05, 0) is 23.8 Å². The van der Waals surface area contributed by atoms with Gasteiger partial charge in [0.05, 0.1) is 10.0 Å². The fourth-order valence-corrected chi connectivity index (χ4v) is 2.74. The van der Waals surface area contributed by atoms with Crippen molar-refractivity contribution in [2.24, 2.45) is 5.73 Å². The molecule has 0 unspecified atom stereocenters. The van der Waals surface area contributed by atoms with Crippen molar-refractivity contribution in [3.63, 3.8) is 0 Å². The minimum Gasteiger partial charge on any atom is -0.366 e. The minimum atomic E-state index is -0.535. The number of hydrogen-bond acceptors (Lipinski definition) is 1. The van der Waals surface area contributed by atoms with Crippen LogP contribution in [-0.2, 0) is 0 Å². The summed E-state index contributed by atoms with van der Waals surface area (Å²) >= 11 is 18.1. The van der Waals surface area contributed by atoms with Gasteiger partial charge in [-0.25, -0.2) is 0 Å². The fourth-order valence-electron chi connectivity index (χ4n) is 1.72. The van der Waals surface area contributed by atoms with Crippen molar-refractivity contribution in [1.82, 2.24) is 0 Å². The van der Waals surface area contributed by atoms with Gasteiger partial charge in [-0.2, -0.15) is 0 Å². The molecule has 0 spiro atoms. The van der Waals surface area contributed by atoms with Crippen LogP contribution in [0.25, 0.3) is 11.1 Å². The summed E-state index contributed by atoms with van der Waals surface area (Å²) in [6.07, 6.45) is 0. The van der Waals surface area contributed by atoms with Crippen LogP contribution < -0.4 is 5.73 Å². The lowest BCUT2D eigenvalue weighted by atomic mass is 9.99. The standard InChI is InChI=1S/C13H8Cl3NO/c14-7-5-10(15)12(11(16)6-7)8-3-1-2-4-9(8)13(17)18/h1-6H,(H2,17,18). The van der Waals surface area contributed by atoms with E-state index < -0.39 is 5.91 Å². The maximum absolute atomic E-state index is 11.4. The summed E-state index contributed by atoms with van der Waals surface area (Å²) < 4.78 is 0. The molecule has 0 aliphatic carbocycles. The van der Waals surface area contributed by atoms with Crippen LogP contribution in [0.4, 0.5) is 0 Å². The Morgan fingerprint density at radius 2 is 1.56 bits per heavy atom. The molecule has 0 atom stereocenters. The molecule has 2 nitrogen and oxygen atoms in total. The molecule has 2 N–H and O–H groups in total. The SMILES string of the molecule is NC(=O)c1ccccc1-c1c(Cl)cc(Cl)cc1Cl. The Hall–Kier alpha value is -1.22. The number of halogens is 3. The van der Waals surface area contributed by atoms with Crippen LogP contribution >= 0.6 is 34.8 Å². The van der Waals surface area contributed by atoms with Gasteiger partial charge in [0.25, 0.3) is 0 Å². The molecular formula is C13H8Cl3NO. The third kappa shape index (κ3) is 2.46. The quantitative estimate of drug-likeness (QED) is 0.877. The van der Waals surface area contributed by atoms with Gasteiger partial charge in [-0.3, -0.25) is 4.79 Å². The summed E-state index contributed by atoms with van der Waals surface area (Å²) in [5.74, 6) is -0.535. The first kappa shape index (κ1) is 13.2. The van der Waals surface area contributed by atoms with Crippen LogP contribution in [0.3, 0.4) is 0 Å². The van der Waals surface area contributed by atoms with Gasteiger partial charge >= 0.3 is 0 Å². The van der Waals surface area contributed by atoms with Crippen molar-refractivity contribution in [3.8, 4) is 11.1 Å². The molecule has 1 amide bonds. The van der Waals surface area contributed by atoms with Crippen LogP contribution in [0.2, 0.25) is 15.1 Å². The molecular weight excluding hydrogens is 293 g/mol. The molecule has 2 aromatic rings. The zero-order valence-corrected chi connectivity index (χ0v) is 11.4. The Labute approximate surface area is 119 Å². The summed E-state index contributed by atoms with van der Waals surface area (Å²) in [4.78, 5) is 11.4. The van der Waals surface area contributed by atoms with Crippen molar-refractivity contribution in [3.05, 3.63) is 57.0 Å². The van der Waals surface area contributed by atoms with E-state index in [1.165, 1.54) is 0 Å². The van der Waals surface area contributed by atoms with Gasteiger partial charge in [-0.15, -0.1) is 0 Å². The number of nitrogens with two attached hydrogens (primary N) is 1. The summed E-state index contributed by atoms with van der Waals surface area (Å²) in [5.41, 5.74) is 6.84. The van der Waals surface area contributed by atoms with Gasteiger partial charge in [0.15, 0.2) is 0 Å². The molecule has 0 saturated heterocycles. The Balaban J connectivity index is 2.74. The van der Waals surface area contributed by atoms with E-state index in [2.05, 4.69) is 0 Å². The summed E-state index contributed by atoms with van der Waals surface area (Å²) in [5, 5.41) is 1.19. The molecule has 0 aliphatic rings. The highest BCUT2D eigenvalue weighted by Crippen LogP contribution is 2.38. The van der Waals surface area contributed by atoms with E-state index in [0.717, 1.165) is 0 Å². The van der Waals surface area contributed by atoms with Crippen molar-refractivity contribution in [1.29, 1.82) is 0 Å². The third-order valence-corrected chi connectivity index (χ3v) is 3.28. The summed E-state index contributed by atoms with van der Waals surface area (Å²) in [7, 11) is 0. The van der Waals surface area contributed by atoms with Crippen LogP contribution in [0.1, 0.15) is 10.4 Å². The summed E-state index contributed by atoms with van der Waals surface area (Å²) in [6.45, 7) is 0. The monoisotopic (exact) mass is 299 g/mol. The lowest BCUT2D eigenvalue weighted by Crippen LogP contribution is -2.12. The largest absolute Gasteiger partial charge is 0.366 e. The van der Waals surface area contributed by atoms with E-state index in [4.69, 9.17) is 40.5 Å². The van der Waals surface area contributed by atoms with E-state index in [1.807, 2.05) is 0 Å². The van der Waals surface area contributed by atoms with E-state index in [-0.39, 0.29) is 0 Å². The molecule has 0 saturated carbocycles. The number of primary amides is 1. The molecule has 18 heavy (non-hydrogen) atoms. The first-order valence-electron chi connectivity index (χ1n) is 5.04. The maximum Gasteiger partial charge on any atom is 0.249 e. The van der Waals surface area contributed by atoms with Crippen molar-refractivity contribution in [2.75, 3.05) is 0 Å². The molecule has 0 bridgehead atoms. The molecule has 0 radical (unpaired) electrons. The molecule has 92 valence electrons. The first-order valence-corrected chi connectivity index (χ1v) is 6.18. The second-order valence-electron chi connectivity index (χ2n) is 3.65. The Morgan fingerprint density at radius 1 is 1.00 bits per heavy atom. The van der Waals surface area contributed by atoms with Crippen LogP contribution in [-0.4, -0.2) is 5.91 Å². The first-order chi connectivity index (χ1) is 8.50. The normalized spacial score (nSPS) is 10.4. The van der Waals surface area contributed by atoms with Crippen molar-refractivity contribution < 1.29 is 4.79 Å². The molecule has 0 aliphatic heterocycles.